The minimum atomic E-state index is 0.0778. The van der Waals surface area contributed by atoms with Gasteiger partial charge in [-0.05, 0) is 105 Å². The van der Waals surface area contributed by atoms with E-state index in [4.69, 9.17) is 4.74 Å². The Balaban J connectivity index is 1.25. The van der Waals surface area contributed by atoms with Gasteiger partial charge in [0, 0.05) is 15.5 Å². The van der Waals surface area contributed by atoms with Gasteiger partial charge < -0.3 is 9.64 Å². The van der Waals surface area contributed by atoms with E-state index < -0.39 is 0 Å². The fourth-order valence-corrected chi connectivity index (χ4v) is 8.64. The second-order valence-corrected chi connectivity index (χ2v) is 15.4. The minimum absolute atomic E-state index is 0.0778. The molecule has 2 aliphatic heterocycles. The number of ether oxygens (including phenoxy) is 1. The lowest BCUT2D eigenvalue weighted by Gasteiger charge is -2.33. The maximum Gasteiger partial charge on any atom is 0.251 e. The fraction of sp³-hybridized carbons (Fsp3) is 0.200. The number of anilines is 3. The number of para-hydroxylation sites is 3. The fourth-order valence-electron chi connectivity index (χ4n) is 7.59. The molecule has 2 heterocycles. The standard InChI is InChI=1S/C45H42BNOS/c1-28(2)33-25-35(29(3)4)45(36(26-33)30(5)6)46-37-13-7-10-16-41(37)48-42-24-21-32(27-38(42)46)31-19-22-34(23-20-31)47-39-14-8-11-17-43(39)49-44-18-12-9-15-40(44)47/h7-30H,1-6H3. The molecule has 0 aliphatic carbocycles. The summed E-state index contributed by atoms with van der Waals surface area (Å²) in [5, 5.41) is 0. The summed E-state index contributed by atoms with van der Waals surface area (Å²) in [6.07, 6.45) is 0. The van der Waals surface area contributed by atoms with Gasteiger partial charge >= 0.3 is 0 Å². The third-order valence-corrected chi connectivity index (χ3v) is 11.3. The molecule has 6 aromatic rings. The topological polar surface area (TPSA) is 12.5 Å². The van der Waals surface area contributed by atoms with Crippen molar-refractivity contribution in [2.45, 2.75) is 69.1 Å². The molecular formula is C45H42BNOS. The highest BCUT2D eigenvalue weighted by atomic mass is 32.2. The highest BCUT2D eigenvalue weighted by Gasteiger charge is 2.36. The van der Waals surface area contributed by atoms with Gasteiger partial charge in [0.2, 0.25) is 0 Å². The normalized spacial score (nSPS) is 13.2. The Bertz CT molecular complexity index is 2110. The summed E-state index contributed by atoms with van der Waals surface area (Å²) in [7, 11) is 0. The van der Waals surface area contributed by atoms with E-state index in [9.17, 15) is 0 Å². The van der Waals surface area contributed by atoms with E-state index in [1.165, 1.54) is 65.4 Å². The lowest BCUT2D eigenvalue weighted by atomic mass is 9.33. The van der Waals surface area contributed by atoms with E-state index in [-0.39, 0.29) is 6.71 Å². The van der Waals surface area contributed by atoms with Crippen LogP contribution in [0.4, 0.5) is 17.1 Å². The average molecular weight is 656 g/mol. The molecule has 2 aliphatic rings. The largest absolute Gasteiger partial charge is 0.458 e. The van der Waals surface area contributed by atoms with E-state index in [1.54, 1.807) is 0 Å². The molecule has 0 saturated carbocycles. The highest BCUT2D eigenvalue weighted by Crippen LogP contribution is 2.51. The highest BCUT2D eigenvalue weighted by molar-refractivity contribution is 7.99. The zero-order valence-corrected chi connectivity index (χ0v) is 30.0. The van der Waals surface area contributed by atoms with E-state index >= 15 is 0 Å². The van der Waals surface area contributed by atoms with Crippen molar-refractivity contribution in [3.05, 3.63) is 144 Å². The van der Waals surface area contributed by atoms with Gasteiger partial charge in [-0.3, -0.25) is 0 Å². The predicted molar refractivity (Wildman–Crippen MR) is 211 cm³/mol. The van der Waals surface area contributed by atoms with Crippen LogP contribution in [-0.4, -0.2) is 6.71 Å². The molecule has 0 amide bonds. The monoisotopic (exact) mass is 655 g/mol. The van der Waals surface area contributed by atoms with Crippen molar-refractivity contribution in [1.29, 1.82) is 0 Å². The summed E-state index contributed by atoms with van der Waals surface area (Å²) < 4.78 is 6.64. The molecule has 242 valence electrons. The Hall–Kier alpha value is -4.67. The van der Waals surface area contributed by atoms with Gasteiger partial charge in [-0.1, -0.05) is 138 Å². The molecule has 0 saturated heterocycles. The van der Waals surface area contributed by atoms with E-state index in [0.29, 0.717) is 17.8 Å². The Labute approximate surface area is 296 Å². The van der Waals surface area contributed by atoms with Crippen molar-refractivity contribution < 1.29 is 4.74 Å². The molecule has 0 N–H and O–H groups in total. The van der Waals surface area contributed by atoms with E-state index in [0.717, 1.165) is 17.2 Å². The smallest absolute Gasteiger partial charge is 0.251 e. The van der Waals surface area contributed by atoms with Crippen LogP contribution in [0.3, 0.4) is 0 Å². The van der Waals surface area contributed by atoms with Crippen molar-refractivity contribution in [2.75, 3.05) is 4.90 Å². The first-order valence-electron chi connectivity index (χ1n) is 17.6. The third-order valence-electron chi connectivity index (χ3n) is 10.1. The molecule has 0 atom stereocenters. The minimum Gasteiger partial charge on any atom is -0.458 e. The lowest BCUT2D eigenvalue weighted by molar-refractivity contribution is 0.487. The van der Waals surface area contributed by atoms with Crippen molar-refractivity contribution in [1.82, 2.24) is 0 Å². The Morgan fingerprint density at radius 1 is 0.531 bits per heavy atom. The van der Waals surface area contributed by atoms with Gasteiger partial charge in [0.25, 0.3) is 6.71 Å². The summed E-state index contributed by atoms with van der Waals surface area (Å²) >= 11 is 1.84. The number of rotatable bonds is 6. The SMILES string of the molecule is CC(C)c1cc(C(C)C)c(B2c3ccccc3Oc3ccc(-c4ccc(N5c6ccccc6Sc6ccccc65)cc4)cc32)c(C(C)C)c1. The van der Waals surface area contributed by atoms with E-state index in [1.807, 2.05) is 11.8 Å². The molecule has 0 bridgehead atoms. The molecule has 0 fully saturated rings. The number of benzene rings is 6. The van der Waals surface area contributed by atoms with Gasteiger partial charge in [0.05, 0.1) is 11.4 Å². The van der Waals surface area contributed by atoms with Crippen LogP contribution in [0.1, 0.15) is 76.0 Å². The summed E-state index contributed by atoms with van der Waals surface area (Å²) in [6, 6.07) is 46.8. The van der Waals surface area contributed by atoms with Crippen LogP contribution in [0, 0.1) is 0 Å². The summed E-state index contributed by atoms with van der Waals surface area (Å²) in [5.41, 5.74) is 14.2. The quantitative estimate of drug-likeness (QED) is 0.165. The maximum atomic E-state index is 6.64. The lowest BCUT2D eigenvalue weighted by Crippen LogP contribution is -2.57. The zero-order valence-electron chi connectivity index (χ0n) is 29.2. The molecule has 49 heavy (non-hydrogen) atoms. The van der Waals surface area contributed by atoms with Crippen LogP contribution in [0.5, 0.6) is 11.5 Å². The summed E-state index contributed by atoms with van der Waals surface area (Å²) in [4.78, 5) is 4.93. The van der Waals surface area contributed by atoms with Crippen LogP contribution >= 0.6 is 11.8 Å². The van der Waals surface area contributed by atoms with Crippen LogP contribution in [0.15, 0.2) is 137 Å². The second-order valence-electron chi connectivity index (χ2n) is 14.3. The predicted octanol–water partition coefficient (Wildman–Crippen LogP) is 11.3. The van der Waals surface area contributed by atoms with Crippen LogP contribution in [0.25, 0.3) is 11.1 Å². The van der Waals surface area contributed by atoms with Crippen LogP contribution in [0.2, 0.25) is 0 Å². The molecule has 4 heteroatoms. The Kier molecular flexibility index (Phi) is 8.16. The molecule has 0 radical (unpaired) electrons. The number of hydrogen-bond donors (Lipinski definition) is 0. The van der Waals surface area contributed by atoms with Crippen molar-refractivity contribution in [2.24, 2.45) is 0 Å². The Morgan fingerprint density at radius 2 is 1.08 bits per heavy atom. The first-order valence-corrected chi connectivity index (χ1v) is 18.4. The average Bonchev–Trinajstić information content (AvgIpc) is 3.12. The number of hydrogen-bond acceptors (Lipinski definition) is 3. The third kappa shape index (κ3) is 5.57. The summed E-state index contributed by atoms with van der Waals surface area (Å²) in [6.45, 7) is 14.1. The summed E-state index contributed by atoms with van der Waals surface area (Å²) in [5.74, 6) is 3.15. The van der Waals surface area contributed by atoms with E-state index in [2.05, 4.69) is 174 Å². The molecule has 0 unspecified atom stereocenters. The first-order chi connectivity index (χ1) is 23.8. The first kappa shape index (κ1) is 31.6. The number of fused-ring (bicyclic) bond motifs is 4. The molecule has 0 aromatic heterocycles. The van der Waals surface area contributed by atoms with Gasteiger partial charge in [0.15, 0.2) is 0 Å². The van der Waals surface area contributed by atoms with Crippen LogP contribution in [-0.2, 0) is 0 Å². The number of nitrogens with zero attached hydrogens (tertiary/aromatic N) is 1. The molecule has 6 aromatic carbocycles. The maximum absolute atomic E-state index is 6.64. The zero-order chi connectivity index (χ0) is 33.8. The van der Waals surface area contributed by atoms with Gasteiger partial charge in [-0.2, -0.15) is 0 Å². The Morgan fingerprint density at radius 3 is 1.69 bits per heavy atom. The second kappa shape index (κ2) is 12.7. The van der Waals surface area contributed by atoms with Crippen molar-refractivity contribution in [3.63, 3.8) is 0 Å². The van der Waals surface area contributed by atoms with Crippen LogP contribution < -0.4 is 26.0 Å². The van der Waals surface area contributed by atoms with Crippen molar-refractivity contribution in [3.8, 4) is 22.6 Å². The molecule has 8 rings (SSSR count). The van der Waals surface area contributed by atoms with Gasteiger partial charge in [-0.15, -0.1) is 0 Å². The van der Waals surface area contributed by atoms with Gasteiger partial charge in [-0.25, -0.2) is 0 Å². The van der Waals surface area contributed by atoms with Gasteiger partial charge in [0.1, 0.15) is 11.5 Å². The molecule has 0 spiro atoms. The molecule has 2 nitrogen and oxygen atoms in total. The molecular weight excluding hydrogens is 613 g/mol. The van der Waals surface area contributed by atoms with Crippen molar-refractivity contribution >= 4 is 51.9 Å².